The van der Waals surface area contributed by atoms with Crippen LogP contribution in [0, 0.1) is 0 Å². The summed E-state index contributed by atoms with van der Waals surface area (Å²) in [5.74, 6) is 0. The van der Waals surface area contributed by atoms with Crippen molar-refractivity contribution in [1.29, 1.82) is 0 Å². The summed E-state index contributed by atoms with van der Waals surface area (Å²) in [4.78, 5) is 2.39. The number of benzene rings is 1. The standard InChI is InChI=1S/C13H19BrN2O/c1-9-8-17-10(2)7-16(9)12-4-3-11(6-15)13(14)5-12/h3-5,9-10H,6-8,15H2,1-2H3. The fourth-order valence-corrected chi connectivity index (χ4v) is 2.67. The summed E-state index contributed by atoms with van der Waals surface area (Å²) in [5.41, 5.74) is 8.04. The summed E-state index contributed by atoms with van der Waals surface area (Å²) in [6.07, 6.45) is 0.291. The van der Waals surface area contributed by atoms with Crippen LogP contribution in [0.15, 0.2) is 22.7 Å². The van der Waals surface area contributed by atoms with E-state index in [-0.39, 0.29) is 0 Å². The quantitative estimate of drug-likeness (QED) is 0.912. The van der Waals surface area contributed by atoms with Gasteiger partial charge in [-0.1, -0.05) is 22.0 Å². The number of rotatable bonds is 2. The molecule has 2 atom stereocenters. The molecule has 94 valence electrons. The van der Waals surface area contributed by atoms with Gasteiger partial charge in [0.05, 0.1) is 12.7 Å². The molecule has 1 aromatic rings. The number of hydrogen-bond donors (Lipinski definition) is 1. The molecule has 0 saturated carbocycles. The molecular weight excluding hydrogens is 280 g/mol. The van der Waals surface area contributed by atoms with Crippen LogP contribution < -0.4 is 10.6 Å². The first-order valence-electron chi connectivity index (χ1n) is 5.98. The van der Waals surface area contributed by atoms with E-state index < -0.39 is 0 Å². The first-order valence-corrected chi connectivity index (χ1v) is 6.78. The second-order valence-electron chi connectivity index (χ2n) is 4.63. The first kappa shape index (κ1) is 12.9. The molecule has 1 saturated heterocycles. The zero-order valence-electron chi connectivity index (χ0n) is 10.3. The summed E-state index contributed by atoms with van der Waals surface area (Å²) in [7, 11) is 0. The highest BCUT2D eigenvalue weighted by atomic mass is 79.9. The Morgan fingerprint density at radius 1 is 1.47 bits per heavy atom. The number of anilines is 1. The number of hydrogen-bond acceptors (Lipinski definition) is 3. The van der Waals surface area contributed by atoms with Crippen LogP contribution in [-0.4, -0.2) is 25.3 Å². The predicted molar refractivity (Wildman–Crippen MR) is 74.3 cm³/mol. The van der Waals surface area contributed by atoms with Crippen molar-refractivity contribution >= 4 is 21.6 Å². The monoisotopic (exact) mass is 298 g/mol. The van der Waals surface area contributed by atoms with Crippen molar-refractivity contribution in [2.75, 3.05) is 18.1 Å². The van der Waals surface area contributed by atoms with Crippen LogP contribution in [0.5, 0.6) is 0 Å². The second kappa shape index (κ2) is 5.38. The average Bonchev–Trinajstić information content (AvgIpc) is 2.32. The SMILES string of the molecule is CC1CN(c2ccc(CN)c(Br)c2)C(C)CO1. The lowest BCUT2D eigenvalue weighted by Gasteiger charge is -2.38. The van der Waals surface area contributed by atoms with Gasteiger partial charge < -0.3 is 15.4 Å². The minimum Gasteiger partial charge on any atom is -0.375 e. The summed E-state index contributed by atoms with van der Waals surface area (Å²) >= 11 is 3.57. The molecule has 0 radical (unpaired) electrons. The van der Waals surface area contributed by atoms with Gasteiger partial charge in [-0.3, -0.25) is 0 Å². The van der Waals surface area contributed by atoms with E-state index in [1.807, 2.05) is 0 Å². The maximum atomic E-state index is 5.66. The van der Waals surface area contributed by atoms with Crippen LogP contribution >= 0.6 is 15.9 Å². The third-order valence-corrected chi connectivity index (χ3v) is 3.93. The van der Waals surface area contributed by atoms with Gasteiger partial charge in [0.25, 0.3) is 0 Å². The number of ether oxygens (including phenoxy) is 1. The fourth-order valence-electron chi connectivity index (χ4n) is 2.14. The smallest absolute Gasteiger partial charge is 0.0723 e. The molecule has 2 unspecified atom stereocenters. The van der Waals surface area contributed by atoms with E-state index >= 15 is 0 Å². The summed E-state index contributed by atoms with van der Waals surface area (Å²) in [6.45, 7) is 6.60. The van der Waals surface area contributed by atoms with Crippen molar-refractivity contribution in [3.63, 3.8) is 0 Å². The van der Waals surface area contributed by atoms with Crippen LogP contribution in [0.3, 0.4) is 0 Å². The molecule has 1 fully saturated rings. The molecule has 1 aliphatic rings. The van der Waals surface area contributed by atoms with Gasteiger partial charge in [0, 0.05) is 29.3 Å². The van der Waals surface area contributed by atoms with Crippen molar-refractivity contribution < 1.29 is 4.74 Å². The lowest BCUT2D eigenvalue weighted by atomic mass is 10.1. The zero-order valence-corrected chi connectivity index (χ0v) is 11.9. The van der Waals surface area contributed by atoms with Crippen LogP contribution in [0.1, 0.15) is 19.4 Å². The largest absolute Gasteiger partial charge is 0.375 e. The molecule has 0 bridgehead atoms. The zero-order chi connectivity index (χ0) is 12.4. The Labute approximate surface area is 111 Å². The van der Waals surface area contributed by atoms with Crippen LogP contribution in [0.4, 0.5) is 5.69 Å². The Morgan fingerprint density at radius 3 is 2.88 bits per heavy atom. The third kappa shape index (κ3) is 2.81. The van der Waals surface area contributed by atoms with Crippen molar-refractivity contribution in [3.05, 3.63) is 28.2 Å². The van der Waals surface area contributed by atoms with Gasteiger partial charge >= 0.3 is 0 Å². The molecule has 1 aliphatic heterocycles. The Hall–Kier alpha value is -0.580. The Kier molecular flexibility index (Phi) is 4.07. The van der Waals surface area contributed by atoms with E-state index in [0.717, 1.165) is 23.2 Å². The van der Waals surface area contributed by atoms with Crippen LogP contribution in [0.25, 0.3) is 0 Å². The molecule has 1 heterocycles. The van der Waals surface area contributed by atoms with Crippen molar-refractivity contribution in [2.24, 2.45) is 5.73 Å². The third-order valence-electron chi connectivity index (χ3n) is 3.20. The van der Waals surface area contributed by atoms with Gasteiger partial charge in [-0.05, 0) is 31.5 Å². The molecule has 0 amide bonds. The van der Waals surface area contributed by atoms with E-state index in [4.69, 9.17) is 10.5 Å². The van der Waals surface area contributed by atoms with E-state index in [2.05, 4.69) is 52.9 Å². The van der Waals surface area contributed by atoms with Gasteiger partial charge in [-0.25, -0.2) is 0 Å². The maximum absolute atomic E-state index is 5.66. The highest BCUT2D eigenvalue weighted by molar-refractivity contribution is 9.10. The summed E-state index contributed by atoms with van der Waals surface area (Å²) < 4.78 is 6.73. The lowest BCUT2D eigenvalue weighted by molar-refractivity contribution is 0.0344. The topological polar surface area (TPSA) is 38.5 Å². The summed E-state index contributed by atoms with van der Waals surface area (Å²) in [6, 6.07) is 6.80. The number of nitrogens with two attached hydrogens (primary N) is 1. The lowest BCUT2D eigenvalue weighted by Crippen LogP contribution is -2.47. The highest BCUT2D eigenvalue weighted by Gasteiger charge is 2.23. The fraction of sp³-hybridized carbons (Fsp3) is 0.538. The van der Waals surface area contributed by atoms with Gasteiger partial charge in [-0.15, -0.1) is 0 Å². The van der Waals surface area contributed by atoms with Crippen LogP contribution in [0.2, 0.25) is 0 Å². The molecule has 1 aromatic carbocycles. The molecule has 0 aromatic heterocycles. The van der Waals surface area contributed by atoms with Crippen LogP contribution in [-0.2, 0) is 11.3 Å². The van der Waals surface area contributed by atoms with E-state index in [1.54, 1.807) is 0 Å². The second-order valence-corrected chi connectivity index (χ2v) is 5.48. The average molecular weight is 299 g/mol. The maximum Gasteiger partial charge on any atom is 0.0723 e. The van der Waals surface area contributed by atoms with Crippen molar-refractivity contribution in [2.45, 2.75) is 32.5 Å². The van der Waals surface area contributed by atoms with Crippen molar-refractivity contribution in [1.82, 2.24) is 0 Å². The molecule has 0 aliphatic carbocycles. The number of nitrogens with zero attached hydrogens (tertiary/aromatic N) is 1. The Balaban J connectivity index is 2.23. The Bertz CT molecular complexity index is 397. The minimum atomic E-state index is 0.291. The van der Waals surface area contributed by atoms with E-state index in [1.165, 1.54) is 5.69 Å². The van der Waals surface area contributed by atoms with Gasteiger partial charge in [-0.2, -0.15) is 0 Å². The minimum absolute atomic E-state index is 0.291. The predicted octanol–water partition coefficient (Wildman–Crippen LogP) is 2.52. The number of halogens is 1. The van der Waals surface area contributed by atoms with Gasteiger partial charge in [0.15, 0.2) is 0 Å². The van der Waals surface area contributed by atoms with E-state index in [9.17, 15) is 0 Å². The molecule has 4 heteroatoms. The van der Waals surface area contributed by atoms with E-state index in [0.29, 0.717) is 18.7 Å². The molecule has 0 spiro atoms. The molecule has 2 rings (SSSR count). The number of morpholine rings is 1. The highest BCUT2D eigenvalue weighted by Crippen LogP contribution is 2.27. The molecule has 3 nitrogen and oxygen atoms in total. The van der Waals surface area contributed by atoms with Gasteiger partial charge in [0.1, 0.15) is 0 Å². The summed E-state index contributed by atoms with van der Waals surface area (Å²) in [5, 5.41) is 0. The normalized spacial score (nSPS) is 25.1. The Morgan fingerprint density at radius 2 is 2.24 bits per heavy atom. The molecule has 17 heavy (non-hydrogen) atoms. The van der Waals surface area contributed by atoms with Crippen molar-refractivity contribution in [3.8, 4) is 0 Å². The van der Waals surface area contributed by atoms with Gasteiger partial charge in [0.2, 0.25) is 0 Å². The first-order chi connectivity index (χ1) is 8.11. The molecular formula is C13H19BrN2O. The molecule has 2 N–H and O–H groups in total.